The fourth-order valence-electron chi connectivity index (χ4n) is 4.44. The molecule has 0 aliphatic carbocycles. The van der Waals surface area contributed by atoms with Gasteiger partial charge in [0.2, 0.25) is 11.8 Å². The maximum Gasteiger partial charge on any atom is 0.416 e. The van der Waals surface area contributed by atoms with Crippen LogP contribution in [-0.4, -0.2) is 46.4 Å². The Morgan fingerprint density at radius 1 is 1.39 bits per heavy atom. The number of nitrogens with zero attached hydrogens (tertiary/aromatic N) is 2. The first kappa shape index (κ1) is 21.5. The minimum atomic E-state index is -4.56. The third kappa shape index (κ3) is 4.09. The molecule has 2 saturated heterocycles. The molecule has 0 radical (unpaired) electrons. The van der Waals surface area contributed by atoms with Crippen LogP contribution in [0.1, 0.15) is 29.7 Å². The highest BCUT2D eigenvalue weighted by Crippen LogP contribution is 2.50. The predicted molar refractivity (Wildman–Crippen MR) is 103 cm³/mol. The molecule has 0 spiro atoms. The number of aryl methyl sites for hydroxylation is 1. The number of amides is 1. The van der Waals surface area contributed by atoms with Crippen molar-refractivity contribution in [2.24, 2.45) is 5.41 Å². The summed E-state index contributed by atoms with van der Waals surface area (Å²) in [4.78, 5) is 21.5. The normalized spacial score (nSPS) is 27.4. The van der Waals surface area contributed by atoms with E-state index in [-0.39, 0.29) is 30.8 Å². The van der Waals surface area contributed by atoms with Gasteiger partial charge in [0.25, 0.3) is 0 Å². The first-order valence-corrected chi connectivity index (χ1v) is 9.80. The number of methoxy groups -OCH3 is 1. The molecule has 2 aliphatic rings. The standard InChI is InChI=1S/C21H22F3N3O4/c1-11-5-13(21(22,23)24)7-17(26-11)27-19(29)20(10-15-14(28)8-16(20)31-15)9-12-3-4-25-18(6-12)30-2/h3-7,14-16,28H,8-10H2,1-2H3,(H,26,27,29)/t14-,15+,16+,20-/m0/s1. The first-order valence-electron chi connectivity index (χ1n) is 9.80. The molecule has 2 bridgehead atoms. The van der Waals surface area contributed by atoms with Crippen LogP contribution in [0.25, 0.3) is 0 Å². The molecule has 0 unspecified atom stereocenters. The fourth-order valence-corrected chi connectivity index (χ4v) is 4.44. The molecule has 166 valence electrons. The van der Waals surface area contributed by atoms with Crippen molar-refractivity contribution in [3.63, 3.8) is 0 Å². The Kier molecular flexibility index (Phi) is 5.38. The zero-order valence-corrected chi connectivity index (χ0v) is 16.9. The highest BCUT2D eigenvalue weighted by Gasteiger charge is 2.60. The molecule has 1 amide bonds. The van der Waals surface area contributed by atoms with Crippen LogP contribution in [0.3, 0.4) is 0 Å². The van der Waals surface area contributed by atoms with Crippen LogP contribution in [0.4, 0.5) is 19.0 Å². The Balaban J connectivity index is 1.65. The minimum Gasteiger partial charge on any atom is -0.481 e. The summed E-state index contributed by atoms with van der Waals surface area (Å²) in [5.41, 5.74) is -1.05. The van der Waals surface area contributed by atoms with Gasteiger partial charge in [0, 0.05) is 24.4 Å². The van der Waals surface area contributed by atoms with Crippen LogP contribution in [0.5, 0.6) is 5.88 Å². The first-order chi connectivity index (χ1) is 14.6. The van der Waals surface area contributed by atoms with Crippen molar-refractivity contribution in [2.45, 2.75) is 50.7 Å². The number of aromatic nitrogens is 2. The third-order valence-corrected chi connectivity index (χ3v) is 5.91. The van der Waals surface area contributed by atoms with Gasteiger partial charge in [0.1, 0.15) is 5.82 Å². The molecule has 2 N–H and O–H groups in total. The fraction of sp³-hybridized carbons (Fsp3) is 0.476. The molecule has 0 saturated carbocycles. The quantitative estimate of drug-likeness (QED) is 0.747. The van der Waals surface area contributed by atoms with Gasteiger partial charge in [-0.2, -0.15) is 13.2 Å². The molecular formula is C21H22F3N3O4. The van der Waals surface area contributed by atoms with Crippen LogP contribution in [0.2, 0.25) is 0 Å². The van der Waals surface area contributed by atoms with E-state index in [4.69, 9.17) is 9.47 Å². The van der Waals surface area contributed by atoms with Gasteiger partial charge in [-0.05, 0) is 43.5 Å². The smallest absolute Gasteiger partial charge is 0.416 e. The van der Waals surface area contributed by atoms with Crippen molar-refractivity contribution >= 4 is 11.7 Å². The second kappa shape index (κ2) is 7.76. The number of halogens is 3. The number of fused-ring (bicyclic) bond motifs is 2. The number of aliphatic hydroxyl groups is 1. The van der Waals surface area contributed by atoms with E-state index in [1.807, 2.05) is 0 Å². The zero-order valence-electron chi connectivity index (χ0n) is 16.9. The van der Waals surface area contributed by atoms with Gasteiger partial charge in [0.15, 0.2) is 0 Å². The van der Waals surface area contributed by atoms with Gasteiger partial charge in [0.05, 0.1) is 36.4 Å². The van der Waals surface area contributed by atoms with E-state index in [2.05, 4.69) is 15.3 Å². The number of hydrogen-bond acceptors (Lipinski definition) is 6. The summed E-state index contributed by atoms with van der Waals surface area (Å²) in [6.45, 7) is 1.43. The molecular weight excluding hydrogens is 415 g/mol. The van der Waals surface area contributed by atoms with E-state index in [0.717, 1.165) is 17.7 Å². The minimum absolute atomic E-state index is 0.137. The number of ether oxygens (including phenoxy) is 2. The van der Waals surface area contributed by atoms with E-state index in [1.54, 1.807) is 18.3 Å². The number of nitrogens with one attached hydrogen (secondary N) is 1. The number of aliphatic hydroxyl groups excluding tert-OH is 1. The SMILES string of the molecule is COc1cc(C[C@]2(C(=O)Nc3cc(C(F)(F)F)cc(C)n3)C[C@H]3O[C@@H]2C[C@@H]3O)ccn1. The Morgan fingerprint density at radius 3 is 2.77 bits per heavy atom. The zero-order chi connectivity index (χ0) is 22.4. The topological polar surface area (TPSA) is 93.6 Å². The number of rotatable bonds is 5. The van der Waals surface area contributed by atoms with Crippen molar-refractivity contribution in [3.8, 4) is 5.88 Å². The monoisotopic (exact) mass is 437 g/mol. The number of hydrogen-bond donors (Lipinski definition) is 2. The Labute approximate surface area is 176 Å². The van der Waals surface area contributed by atoms with Gasteiger partial charge in [-0.3, -0.25) is 4.79 Å². The summed E-state index contributed by atoms with van der Waals surface area (Å²) in [5.74, 6) is -0.284. The van der Waals surface area contributed by atoms with E-state index in [9.17, 15) is 23.1 Å². The largest absolute Gasteiger partial charge is 0.481 e. The maximum atomic E-state index is 13.4. The third-order valence-electron chi connectivity index (χ3n) is 5.91. The van der Waals surface area contributed by atoms with E-state index in [1.165, 1.54) is 14.0 Å². The van der Waals surface area contributed by atoms with Gasteiger partial charge in [-0.1, -0.05) is 0 Å². The summed E-state index contributed by atoms with van der Waals surface area (Å²) in [6.07, 6.45) is -3.98. The molecule has 4 atom stereocenters. The van der Waals surface area contributed by atoms with Crippen LogP contribution >= 0.6 is 0 Å². The summed E-state index contributed by atoms with van der Waals surface area (Å²) in [5, 5.41) is 12.7. The number of alkyl halides is 3. The van der Waals surface area contributed by atoms with Crippen LogP contribution in [-0.2, 0) is 22.1 Å². The average molecular weight is 437 g/mol. The van der Waals surface area contributed by atoms with Crippen molar-refractivity contribution in [2.75, 3.05) is 12.4 Å². The van der Waals surface area contributed by atoms with Crippen LogP contribution in [0.15, 0.2) is 30.5 Å². The maximum absolute atomic E-state index is 13.4. The van der Waals surface area contributed by atoms with Crippen molar-refractivity contribution < 1.29 is 32.5 Å². The highest BCUT2D eigenvalue weighted by atomic mass is 19.4. The van der Waals surface area contributed by atoms with Gasteiger partial charge in [-0.25, -0.2) is 9.97 Å². The van der Waals surface area contributed by atoms with E-state index >= 15 is 0 Å². The number of carbonyl (C=O) groups is 1. The van der Waals surface area contributed by atoms with Crippen LogP contribution < -0.4 is 10.1 Å². The second-order valence-corrected chi connectivity index (χ2v) is 8.04. The number of anilines is 1. The average Bonchev–Trinajstić information content (AvgIpc) is 3.24. The van der Waals surface area contributed by atoms with E-state index in [0.29, 0.717) is 5.88 Å². The summed E-state index contributed by atoms with van der Waals surface area (Å²) in [6, 6.07) is 5.18. The lowest BCUT2D eigenvalue weighted by Crippen LogP contribution is -2.48. The molecule has 2 fully saturated rings. The van der Waals surface area contributed by atoms with Crippen molar-refractivity contribution in [1.29, 1.82) is 0 Å². The highest BCUT2D eigenvalue weighted by molar-refractivity contribution is 5.96. The van der Waals surface area contributed by atoms with Gasteiger partial charge in [-0.15, -0.1) is 0 Å². The Hall–Kier alpha value is -2.72. The molecule has 2 aromatic heterocycles. The number of carbonyl (C=O) groups excluding carboxylic acids is 1. The predicted octanol–water partition coefficient (Wildman–Crippen LogP) is 2.90. The number of pyridine rings is 2. The molecule has 4 rings (SSSR count). The molecule has 0 aromatic carbocycles. The summed E-state index contributed by atoms with van der Waals surface area (Å²) in [7, 11) is 1.48. The lowest BCUT2D eigenvalue weighted by Gasteiger charge is -2.35. The van der Waals surface area contributed by atoms with Crippen molar-refractivity contribution in [3.05, 3.63) is 47.3 Å². The lowest BCUT2D eigenvalue weighted by atomic mass is 9.68. The van der Waals surface area contributed by atoms with Gasteiger partial charge < -0.3 is 19.9 Å². The molecule has 2 aliphatic heterocycles. The molecule has 10 heteroatoms. The molecule has 31 heavy (non-hydrogen) atoms. The Bertz CT molecular complexity index is 998. The molecule has 2 aromatic rings. The van der Waals surface area contributed by atoms with Gasteiger partial charge >= 0.3 is 6.18 Å². The summed E-state index contributed by atoms with van der Waals surface area (Å²) >= 11 is 0. The Morgan fingerprint density at radius 2 is 2.16 bits per heavy atom. The summed E-state index contributed by atoms with van der Waals surface area (Å²) < 4.78 is 50.5. The van der Waals surface area contributed by atoms with Crippen molar-refractivity contribution in [1.82, 2.24) is 9.97 Å². The molecule has 7 nitrogen and oxygen atoms in total. The molecule has 4 heterocycles. The van der Waals surface area contributed by atoms with E-state index < -0.39 is 41.4 Å². The lowest BCUT2D eigenvalue weighted by molar-refractivity contribution is -0.137. The van der Waals surface area contributed by atoms with Crippen LogP contribution in [0, 0.1) is 12.3 Å². The second-order valence-electron chi connectivity index (χ2n) is 8.04.